The van der Waals surface area contributed by atoms with Gasteiger partial charge in [0, 0.05) is 12.5 Å². The van der Waals surface area contributed by atoms with Crippen molar-refractivity contribution in [3.8, 4) is 6.07 Å². The highest BCUT2D eigenvalue weighted by molar-refractivity contribution is 6.71. The maximum absolute atomic E-state index is 8.67. The van der Waals surface area contributed by atoms with Crippen molar-refractivity contribution in [2.24, 2.45) is 0 Å². The Balaban J connectivity index is 3.63. The zero-order valence-electron chi connectivity index (χ0n) is 17.0. The third kappa shape index (κ3) is 15.2. The van der Waals surface area contributed by atoms with E-state index in [1.165, 1.54) is 70.6 Å². The second-order valence-electron chi connectivity index (χ2n) is 7.89. The standard InChI is InChI=1S/C21H43NOSi/c1-5-7-8-9-10-11-12-13-14-15-18-21(6-2)23-24(3,4)20-17-16-19-22/h21H,5-18,20H2,1-4H3. The van der Waals surface area contributed by atoms with Gasteiger partial charge in [-0.3, -0.25) is 0 Å². The zero-order valence-corrected chi connectivity index (χ0v) is 18.0. The molecular weight excluding hydrogens is 310 g/mol. The third-order valence-electron chi connectivity index (χ3n) is 4.89. The molecule has 3 heteroatoms. The predicted octanol–water partition coefficient (Wildman–Crippen LogP) is 7.60. The molecule has 0 aromatic carbocycles. The molecule has 0 bridgehead atoms. The first-order valence-corrected chi connectivity index (χ1v) is 13.7. The van der Waals surface area contributed by atoms with Gasteiger partial charge in [0.2, 0.25) is 0 Å². The minimum Gasteiger partial charge on any atom is -0.414 e. The van der Waals surface area contributed by atoms with Crippen LogP contribution in [0.15, 0.2) is 0 Å². The van der Waals surface area contributed by atoms with Gasteiger partial charge in [0.15, 0.2) is 8.32 Å². The van der Waals surface area contributed by atoms with E-state index in [1.54, 1.807) is 0 Å². The SMILES string of the molecule is CCCCCCCCCCCCC(CC)O[Si](C)(C)CCCC#N. The van der Waals surface area contributed by atoms with Crippen LogP contribution in [-0.2, 0) is 4.43 Å². The Morgan fingerprint density at radius 1 is 0.833 bits per heavy atom. The van der Waals surface area contributed by atoms with Crippen LogP contribution in [0.4, 0.5) is 0 Å². The lowest BCUT2D eigenvalue weighted by atomic mass is 10.0. The summed E-state index contributed by atoms with van der Waals surface area (Å²) in [5.74, 6) is 0. The fraction of sp³-hybridized carbons (Fsp3) is 0.952. The zero-order chi connectivity index (χ0) is 18.1. The molecule has 0 fully saturated rings. The highest BCUT2D eigenvalue weighted by Gasteiger charge is 2.25. The van der Waals surface area contributed by atoms with Gasteiger partial charge in [-0.15, -0.1) is 0 Å². The summed E-state index contributed by atoms with van der Waals surface area (Å²) in [5, 5.41) is 8.67. The number of nitriles is 1. The molecule has 1 unspecified atom stereocenters. The number of nitrogens with zero attached hydrogens (tertiary/aromatic N) is 1. The van der Waals surface area contributed by atoms with Gasteiger partial charge in [0.25, 0.3) is 0 Å². The summed E-state index contributed by atoms with van der Waals surface area (Å²) in [5.41, 5.74) is 0. The van der Waals surface area contributed by atoms with Crippen molar-refractivity contribution >= 4 is 8.32 Å². The average Bonchev–Trinajstić information content (AvgIpc) is 2.55. The summed E-state index contributed by atoms with van der Waals surface area (Å²) >= 11 is 0. The van der Waals surface area contributed by atoms with E-state index in [9.17, 15) is 0 Å². The highest BCUT2D eigenvalue weighted by Crippen LogP contribution is 2.21. The normalized spacial score (nSPS) is 13.0. The molecule has 0 N–H and O–H groups in total. The molecule has 0 saturated carbocycles. The minimum absolute atomic E-state index is 0.447. The fourth-order valence-electron chi connectivity index (χ4n) is 3.31. The molecule has 0 aromatic heterocycles. The van der Waals surface area contributed by atoms with Crippen LogP contribution in [0, 0.1) is 11.3 Å². The van der Waals surface area contributed by atoms with E-state index in [0.717, 1.165) is 18.9 Å². The number of hydrogen-bond donors (Lipinski definition) is 0. The Morgan fingerprint density at radius 2 is 1.38 bits per heavy atom. The largest absolute Gasteiger partial charge is 0.414 e. The topological polar surface area (TPSA) is 33.0 Å². The molecule has 0 aliphatic rings. The predicted molar refractivity (Wildman–Crippen MR) is 109 cm³/mol. The Morgan fingerprint density at radius 3 is 1.88 bits per heavy atom. The monoisotopic (exact) mass is 353 g/mol. The first kappa shape index (κ1) is 23.7. The van der Waals surface area contributed by atoms with Crippen molar-refractivity contribution < 1.29 is 4.43 Å². The molecular formula is C21H43NOSi. The van der Waals surface area contributed by atoms with Gasteiger partial charge in [0.1, 0.15) is 0 Å². The van der Waals surface area contributed by atoms with E-state index in [1.807, 2.05) is 0 Å². The lowest BCUT2D eigenvalue weighted by Gasteiger charge is -2.29. The van der Waals surface area contributed by atoms with Crippen molar-refractivity contribution in [3.63, 3.8) is 0 Å². The summed E-state index contributed by atoms with van der Waals surface area (Å²) < 4.78 is 6.45. The van der Waals surface area contributed by atoms with Crippen LogP contribution in [0.3, 0.4) is 0 Å². The van der Waals surface area contributed by atoms with Crippen molar-refractivity contribution in [2.75, 3.05) is 0 Å². The maximum Gasteiger partial charge on any atom is 0.187 e. The van der Waals surface area contributed by atoms with E-state index in [0.29, 0.717) is 12.5 Å². The fourth-order valence-corrected chi connectivity index (χ4v) is 5.64. The van der Waals surface area contributed by atoms with Crippen LogP contribution in [0.2, 0.25) is 19.1 Å². The molecule has 2 nitrogen and oxygen atoms in total. The highest BCUT2D eigenvalue weighted by atomic mass is 28.4. The molecule has 142 valence electrons. The van der Waals surface area contributed by atoms with Gasteiger partial charge in [-0.2, -0.15) is 5.26 Å². The third-order valence-corrected chi connectivity index (χ3v) is 7.42. The van der Waals surface area contributed by atoms with Crippen LogP contribution in [-0.4, -0.2) is 14.4 Å². The van der Waals surface area contributed by atoms with Gasteiger partial charge in [-0.1, -0.05) is 78.1 Å². The molecule has 0 spiro atoms. The summed E-state index contributed by atoms with van der Waals surface area (Å²) in [6.45, 7) is 9.15. The van der Waals surface area contributed by atoms with Crippen LogP contribution in [0.25, 0.3) is 0 Å². The van der Waals surface area contributed by atoms with Crippen LogP contribution in [0.5, 0.6) is 0 Å². The van der Waals surface area contributed by atoms with E-state index < -0.39 is 8.32 Å². The molecule has 0 heterocycles. The molecule has 0 aliphatic heterocycles. The second-order valence-corrected chi connectivity index (χ2v) is 12.1. The van der Waals surface area contributed by atoms with E-state index in [4.69, 9.17) is 9.69 Å². The summed E-state index contributed by atoms with van der Waals surface area (Å²) in [6.07, 6.45) is 18.5. The van der Waals surface area contributed by atoms with Crippen molar-refractivity contribution in [2.45, 2.75) is 129 Å². The lowest BCUT2D eigenvalue weighted by molar-refractivity contribution is 0.172. The first-order chi connectivity index (χ1) is 11.6. The van der Waals surface area contributed by atoms with E-state index in [2.05, 4.69) is 33.0 Å². The quantitative estimate of drug-likeness (QED) is 0.199. The number of rotatable bonds is 17. The van der Waals surface area contributed by atoms with E-state index in [-0.39, 0.29) is 0 Å². The van der Waals surface area contributed by atoms with Crippen molar-refractivity contribution in [1.82, 2.24) is 0 Å². The summed E-state index contributed by atoms with van der Waals surface area (Å²) in [7, 11) is -1.57. The van der Waals surface area contributed by atoms with Crippen molar-refractivity contribution in [1.29, 1.82) is 5.26 Å². The molecule has 0 aliphatic carbocycles. The molecule has 0 rings (SSSR count). The maximum atomic E-state index is 8.67. The summed E-state index contributed by atoms with van der Waals surface area (Å²) in [6, 6.07) is 3.37. The Bertz CT molecular complexity index is 311. The molecule has 0 aromatic rings. The smallest absolute Gasteiger partial charge is 0.187 e. The van der Waals surface area contributed by atoms with Gasteiger partial charge in [-0.05, 0) is 38.4 Å². The lowest BCUT2D eigenvalue weighted by Crippen LogP contribution is -2.35. The minimum atomic E-state index is -1.57. The Kier molecular flexibility index (Phi) is 15.9. The van der Waals surface area contributed by atoms with Gasteiger partial charge in [-0.25, -0.2) is 0 Å². The molecule has 0 radical (unpaired) electrons. The molecule has 1 atom stereocenters. The molecule has 0 amide bonds. The summed E-state index contributed by atoms with van der Waals surface area (Å²) in [4.78, 5) is 0. The van der Waals surface area contributed by atoms with E-state index >= 15 is 0 Å². The average molecular weight is 354 g/mol. The molecule has 0 saturated heterocycles. The number of hydrogen-bond acceptors (Lipinski definition) is 2. The number of unbranched alkanes of at least 4 members (excludes halogenated alkanes) is 10. The molecule has 24 heavy (non-hydrogen) atoms. The van der Waals surface area contributed by atoms with Crippen LogP contribution >= 0.6 is 0 Å². The van der Waals surface area contributed by atoms with Crippen LogP contribution in [0.1, 0.15) is 104 Å². The second kappa shape index (κ2) is 16.2. The Labute approximate surface area is 153 Å². The Hall–Kier alpha value is -0.333. The van der Waals surface area contributed by atoms with Gasteiger partial charge < -0.3 is 4.43 Å². The van der Waals surface area contributed by atoms with Crippen molar-refractivity contribution in [3.05, 3.63) is 0 Å². The first-order valence-electron chi connectivity index (χ1n) is 10.6. The van der Waals surface area contributed by atoms with Gasteiger partial charge in [0.05, 0.1) is 6.07 Å². The van der Waals surface area contributed by atoms with Gasteiger partial charge >= 0.3 is 0 Å². The van der Waals surface area contributed by atoms with Crippen LogP contribution < -0.4 is 0 Å².